The van der Waals surface area contributed by atoms with Gasteiger partial charge in [0.2, 0.25) is 9.84 Å². The second-order valence-corrected chi connectivity index (χ2v) is 7.23. The van der Waals surface area contributed by atoms with E-state index in [-0.39, 0.29) is 4.90 Å². The third-order valence-electron chi connectivity index (χ3n) is 3.90. The topological polar surface area (TPSA) is 57.9 Å². The lowest BCUT2D eigenvalue weighted by atomic mass is 9.92. The van der Waals surface area contributed by atoms with Crippen LogP contribution in [0.2, 0.25) is 0 Å². The zero-order chi connectivity index (χ0) is 14.9. The van der Waals surface area contributed by atoms with Crippen molar-refractivity contribution in [3.63, 3.8) is 0 Å². The average molecular weight is 297 g/mol. The summed E-state index contributed by atoms with van der Waals surface area (Å²) < 4.78 is 25.4. The van der Waals surface area contributed by atoms with E-state index in [1.807, 2.05) is 12.1 Å². The van der Waals surface area contributed by atoms with Crippen molar-refractivity contribution in [2.45, 2.75) is 35.5 Å². The van der Waals surface area contributed by atoms with Crippen LogP contribution in [-0.2, 0) is 22.7 Å². The van der Waals surface area contributed by atoms with Crippen LogP contribution in [0.1, 0.15) is 29.5 Å². The molecule has 0 spiro atoms. The maximum absolute atomic E-state index is 12.7. The molecule has 1 aliphatic carbocycles. The third-order valence-corrected chi connectivity index (χ3v) is 5.65. The normalized spacial score (nSPS) is 14.2. The first-order valence-electron chi connectivity index (χ1n) is 6.98. The Hall–Kier alpha value is -2.12. The Bertz CT molecular complexity index is 832. The summed E-state index contributed by atoms with van der Waals surface area (Å²) >= 11 is 0. The molecule has 2 aromatic rings. The van der Waals surface area contributed by atoms with Gasteiger partial charge in [-0.3, -0.25) is 0 Å². The second-order valence-electron chi connectivity index (χ2n) is 5.28. The fourth-order valence-corrected chi connectivity index (χ4v) is 4.10. The Morgan fingerprint density at radius 2 is 1.62 bits per heavy atom. The quantitative estimate of drug-likeness (QED) is 0.854. The summed E-state index contributed by atoms with van der Waals surface area (Å²) in [6, 6.07) is 13.5. The molecule has 0 N–H and O–H groups in total. The summed E-state index contributed by atoms with van der Waals surface area (Å²) in [5, 5.41) is 8.91. The van der Waals surface area contributed by atoms with Crippen LogP contribution in [0.5, 0.6) is 0 Å². The number of aryl methyl sites for hydroxylation is 2. The Labute approximate surface area is 124 Å². The third kappa shape index (κ3) is 2.57. The lowest BCUT2D eigenvalue weighted by Crippen LogP contribution is -2.07. The molecule has 1 aliphatic rings. The molecule has 0 atom stereocenters. The van der Waals surface area contributed by atoms with Crippen molar-refractivity contribution in [2.24, 2.45) is 0 Å². The predicted molar refractivity (Wildman–Crippen MR) is 79.7 cm³/mol. The molecule has 0 radical (unpaired) electrons. The molecule has 0 unspecified atom stereocenters. The van der Waals surface area contributed by atoms with Crippen LogP contribution in [0.3, 0.4) is 0 Å². The molecule has 106 valence electrons. The maximum atomic E-state index is 12.7. The van der Waals surface area contributed by atoms with E-state index < -0.39 is 9.84 Å². The van der Waals surface area contributed by atoms with E-state index in [9.17, 15) is 8.42 Å². The molecule has 0 fully saturated rings. The van der Waals surface area contributed by atoms with Crippen LogP contribution in [0.25, 0.3) is 0 Å². The summed E-state index contributed by atoms with van der Waals surface area (Å²) in [5.41, 5.74) is 2.75. The van der Waals surface area contributed by atoms with Gasteiger partial charge in [-0.05, 0) is 67.1 Å². The van der Waals surface area contributed by atoms with Crippen LogP contribution in [0.15, 0.2) is 52.3 Å². The minimum Gasteiger partial charge on any atom is -0.219 e. The van der Waals surface area contributed by atoms with E-state index in [0.29, 0.717) is 10.5 Å². The summed E-state index contributed by atoms with van der Waals surface area (Å²) in [4.78, 5) is 0.496. The number of nitriles is 1. The molecule has 0 saturated carbocycles. The van der Waals surface area contributed by atoms with Gasteiger partial charge in [0.05, 0.1) is 21.4 Å². The van der Waals surface area contributed by atoms with Gasteiger partial charge in [-0.2, -0.15) is 5.26 Å². The van der Waals surface area contributed by atoms with Gasteiger partial charge in [0, 0.05) is 0 Å². The average Bonchev–Trinajstić information content (AvgIpc) is 2.54. The molecular weight excluding hydrogens is 282 g/mol. The Kier molecular flexibility index (Phi) is 3.52. The standard InChI is InChI=1S/C17H15NO2S/c18-12-13-4-3-7-16(10-13)21(19,20)17-9-8-14-5-1-2-6-15(14)11-17/h3-4,7-11H,1-2,5-6H2. The Morgan fingerprint density at radius 3 is 2.38 bits per heavy atom. The van der Waals surface area contributed by atoms with Crippen molar-refractivity contribution in [1.29, 1.82) is 5.26 Å². The highest BCUT2D eigenvalue weighted by atomic mass is 32.2. The Morgan fingerprint density at radius 1 is 0.905 bits per heavy atom. The molecule has 3 nitrogen and oxygen atoms in total. The summed E-state index contributed by atoms with van der Waals surface area (Å²) in [5.74, 6) is 0. The van der Waals surface area contributed by atoms with Crippen LogP contribution in [0, 0.1) is 11.3 Å². The van der Waals surface area contributed by atoms with E-state index in [0.717, 1.165) is 24.8 Å². The van der Waals surface area contributed by atoms with Crippen molar-refractivity contribution < 1.29 is 8.42 Å². The first-order chi connectivity index (χ1) is 10.1. The highest BCUT2D eigenvalue weighted by Gasteiger charge is 2.20. The highest BCUT2D eigenvalue weighted by molar-refractivity contribution is 7.91. The number of benzene rings is 2. The first-order valence-corrected chi connectivity index (χ1v) is 8.46. The van der Waals surface area contributed by atoms with Gasteiger partial charge in [-0.25, -0.2) is 8.42 Å². The number of rotatable bonds is 2. The van der Waals surface area contributed by atoms with E-state index >= 15 is 0 Å². The number of sulfone groups is 1. The maximum Gasteiger partial charge on any atom is 0.206 e. The first kappa shape index (κ1) is 13.8. The lowest BCUT2D eigenvalue weighted by Gasteiger charge is -2.16. The fraction of sp³-hybridized carbons (Fsp3) is 0.235. The Balaban J connectivity index is 2.08. The molecule has 3 rings (SSSR count). The van der Waals surface area contributed by atoms with E-state index in [2.05, 4.69) is 0 Å². The number of fused-ring (bicyclic) bond motifs is 1. The predicted octanol–water partition coefficient (Wildman–Crippen LogP) is 3.27. The molecule has 4 heteroatoms. The number of hydrogen-bond acceptors (Lipinski definition) is 3. The number of nitrogens with zero attached hydrogens (tertiary/aromatic N) is 1. The van der Waals surface area contributed by atoms with Crippen molar-refractivity contribution in [3.8, 4) is 6.07 Å². The molecule has 0 bridgehead atoms. The van der Waals surface area contributed by atoms with Gasteiger partial charge in [-0.1, -0.05) is 12.1 Å². The van der Waals surface area contributed by atoms with Gasteiger partial charge in [-0.15, -0.1) is 0 Å². The van der Waals surface area contributed by atoms with Crippen LogP contribution in [0.4, 0.5) is 0 Å². The molecule has 21 heavy (non-hydrogen) atoms. The second kappa shape index (κ2) is 5.34. The monoisotopic (exact) mass is 297 g/mol. The van der Waals surface area contributed by atoms with Gasteiger partial charge in [0.15, 0.2) is 0 Å². The molecule has 2 aromatic carbocycles. The lowest BCUT2D eigenvalue weighted by molar-refractivity contribution is 0.595. The SMILES string of the molecule is N#Cc1cccc(S(=O)(=O)c2ccc3c(c2)CCCC3)c1. The minimum atomic E-state index is -3.56. The van der Waals surface area contributed by atoms with Crippen LogP contribution >= 0.6 is 0 Å². The summed E-state index contributed by atoms with van der Waals surface area (Å²) in [6.45, 7) is 0. The molecule has 0 aliphatic heterocycles. The van der Waals surface area contributed by atoms with Crippen molar-refractivity contribution in [2.75, 3.05) is 0 Å². The summed E-state index contributed by atoms with van der Waals surface area (Å²) in [6.07, 6.45) is 4.25. The largest absolute Gasteiger partial charge is 0.219 e. The number of hydrogen-bond donors (Lipinski definition) is 0. The van der Waals surface area contributed by atoms with Gasteiger partial charge >= 0.3 is 0 Å². The van der Waals surface area contributed by atoms with Gasteiger partial charge in [0.25, 0.3) is 0 Å². The van der Waals surface area contributed by atoms with Crippen molar-refractivity contribution >= 4 is 9.84 Å². The van der Waals surface area contributed by atoms with Crippen molar-refractivity contribution in [1.82, 2.24) is 0 Å². The molecule has 0 saturated heterocycles. The summed E-state index contributed by atoms with van der Waals surface area (Å²) in [7, 11) is -3.56. The smallest absolute Gasteiger partial charge is 0.206 e. The fourth-order valence-electron chi connectivity index (χ4n) is 2.75. The highest BCUT2D eigenvalue weighted by Crippen LogP contribution is 2.27. The van der Waals surface area contributed by atoms with Gasteiger partial charge < -0.3 is 0 Å². The molecule has 0 aromatic heterocycles. The van der Waals surface area contributed by atoms with E-state index in [4.69, 9.17) is 5.26 Å². The molecular formula is C17H15NO2S. The van der Waals surface area contributed by atoms with Crippen molar-refractivity contribution in [3.05, 3.63) is 59.2 Å². The molecule has 0 heterocycles. The van der Waals surface area contributed by atoms with Crippen LogP contribution in [-0.4, -0.2) is 8.42 Å². The zero-order valence-electron chi connectivity index (χ0n) is 11.5. The zero-order valence-corrected chi connectivity index (χ0v) is 12.4. The minimum absolute atomic E-state index is 0.178. The van der Waals surface area contributed by atoms with E-state index in [1.165, 1.54) is 24.1 Å². The van der Waals surface area contributed by atoms with Gasteiger partial charge in [0.1, 0.15) is 0 Å². The van der Waals surface area contributed by atoms with Crippen LogP contribution < -0.4 is 0 Å². The van der Waals surface area contributed by atoms with E-state index in [1.54, 1.807) is 24.3 Å². The molecule has 0 amide bonds.